The average Bonchev–Trinajstić information content (AvgIpc) is 3.69. The minimum Gasteiger partial charge on any atom is -0.334 e. The van der Waals surface area contributed by atoms with Gasteiger partial charge in [0, 0.05) is 47.9 Å². The number of benzene rings is 4. The summed E-state index contributed by atoms with van der Waals surface area (Å²) in [7, 11) is 1.93. The molecular weight excluding hydrogens is 573 g/mol. The monoisotopic (exact) mass is 597 g/mol. The first-order valence-electron chi connectivity index (χ1n) is 13.8. The molecule has 10 heteroatoms. The lowest BCUT2D eigenvalue weighted by molar-refractivity contribution is 0.381. The van der Waals surface area contributed by atoms with Crippen molar-refractivity contribution in [3.8, 4) is 28.2 Å². The standard InChI is InChI=1S/C34H24F5N5/c1-34(2)23-9-4-5-10-25(23)44(22-8-6-7-19(15-22)33-40-13-14-42(33)3)26-16-21(11-12-24(26)34)43-18-20(17-41-43)27-28(35)30(37)32(39)31(38)29(27)36/h4-18H,1-3H3. The molecule has 0 amide bonds. The average molecular weight is 598 g/mol. The Bertz CT molecular complexity index is 2070. The van der Waals surface area contributed by atoms with Gasteiger partial charge in [-0.2, -0.15) is 5.10 Å². The molecule has 6 aromatic rings. The molecule has 5 nitrogen and oxygen atoms in total. The van der Waals surface area contributed by atoms with Crippen LogP contribution in [0.25, 0.3) is 28.2 Å². The van der Waals surface area contributed by atoms with Gasteiger partial charge in [-0.05, 0) is 41.5 Å². The number of para-hydroxylation sites is 1. The molecule has 3 heterocycles. The third-order valence-corrected chi connectivity index (χ3v) is 8.24. The van der Waals surface area contributed by atoms with E-state index in [0.29, 0.717) is 5.69 Å². The van der Waals surface area contributed by atoms with E-state index in [1.165, 1.54) is 10.9 Å². The summed E-state index contributed by atoms with van der Waals surface area (Å²) < 4.78 is 74.0. The topological polar surface area (TPSA) is 38.9 Å². The smallest absolute Gasteiger partial charge is 0.200 e. The second-order valence-corrected chi connectivity index (χ2v) is 11.2. The maximum Gasteiger partial charge on any atom is 0.200 e. The molecule has 220 valence electrons. The first-order chi connectivity index (χ1) is 21.1. The van der Waals surface area contributed by atoms with Crippen LogP contribution in [0.2, 0.25) is 0 Å². The van der Waals surface area contributed by atoms with Crippen molar-refractivity contribution < 1.29 is 22.0 Å². The molecule has 0 radical (unpaired) electrons. The molecule has 1 aliphatic heterocycles. The number of aryl methyl sites for hydroxylation is 1. The van der Waals surface area contributed by atoms with E-state index in [4.69, 9.17) is 0 Å². The minimum absolute atomic E-state index is 0.249. The summed E-state index contributed by atoms with van der Waals surface area (Å²) in [4.78, 5) is 6.64. The highest BCUT2D eigenvalue weighted by Gasteiger charge is 2.37. The van der Waals surface area contributed by atoms with Crippen LogP contribution in [0.4, 0.5) is 39.0 Å². The van der Waals surface area contributed by atoms with Crippen LogP contribution in [0.1, 0.15) is 25.0 Å². The fourth-order valence-electron chi connectivity index (χ4n) is 6.01. The number of halogens is 5. The van der Waals surface area contributed by atoms with Crippen molar-refractivity contribution in [1.82, 2.24) is 19.3 Å². The molecule has 0 saturated heterocycles. The Morgan fingerprint density at radius 1 is 0.682 bits per heavy atom. The Balaban J connectivity index is 1.39. The summed E-state index contributed by atoms with van der Waals surface area (Å²) in [6.45, 7) is 4.28. The van der Waals surface area contributed by atoms with Crippen LogP contribution in [-0.4, -0.2) is 19.3 Å². The first-order valence-corrected chi connectivity index (χ1v) is 13.8. The summed E-state index contributed by atoms with van der Waals surface area (Å²) in [5.41, 5.74) is 4.63. The van der Waals surface area contributed by atoms with Gasteiger partial charge in [-0.3, -0.25) is 0 Å². The van der Waals surface area contributed by atoms with E-state index in [1.54, 1.807) is 6.20 Å². The largest absolute Gasteiger partial charge is 0.334 e. The highest BCUT2D eigenvalue weighted by atomic mass is 19.2. The van der Waals surface area contributed by atoms with Crippen LogP contribution < -0.4 is 4.90 Å². The quantitative estimate of drug-likeness (QED) is 0.116. The van der Waals surface area contributed by atoms with Crippen molar-refractivity contribution in [3.63, 3.8) is 0 Å². The molecule has 0 saturated carbocycles. The molecule has 0 spiro atoms. The lowest BCUT2D eigenvalue weighted by atomic mass is 9.73. The van der Waals surface area contributed by atoms with Gasteiger partial charge in [0.2, 0.25) is 5.82 Å². The van der Waals surface area contributed by atoms with E-state index in [2.05, 4.69) is 47.0 Å². The minimum atomic E-state index is -2.21. The Morgan fingerprint density at radius 2 is 1.39 bits per heavy atom. The van der Waals surface area contributed by atoms with Gasteiger partial charge in [-0.25, -0.2) is 31.6 Å². The van der Waals surface area contributed by atoms with Gasteiger partial charge in [0.15, 0.2) is 23.3 Å². The molecule has 2 aromatic heterocycles. The molecule has 0 fully saturated rings. The van der Waals surface area contributed by atoms with Crippen molar-refractivity contribution in [3.05, 3.63) is 132 Å². The number of aromatic nitrogens is 4. The first kappa shape index (κ1) is 27.6. The SMILES string of the molecule is Cn1ccnc1-c1cccc(N2c3ccccc3C(C)(C)c3ccc(-n4cc(-c5c(F)c(F)c(F)c(F)c5F)cn4)cc32)c1. The van der Waals surface area contributed by atoms with E-state index in [-0.39, 0.29) is 11.0 Å². The predicted molar refractivity (Wildman–Crippen MR) is 158 cm³/mol. The molecule has 0 aliphatic carbocycles. The summed E-state index contributed by atoms with van der Waals surface area (Å²) >= 11 is 0. The van der Waals surface area contributed by atoms with Gasteiger partial charge in [-0.15, -0.1) is 0 Å². The van der Waals surface area contributed by atoms with Crippen molar-refractivity contribution >= 4 is 17.1 Å². The fraction of sp³-hybridized carbons (Fsp3) is 0.118. The van der Waals surface area contributed by atoms with Crippen molar-refractivity contribution in [2.24, 2.45) is 7.05 Å². The molecule has 1 aliphatic rings. The molecule has 44 heavy (non-hydrogen) atoms. The van der Waals surface area contributed by atoms with Crippen molar-refractivity contribution in [2.75, 3.05) is 4.90 Å². The van der Waals surface area contributed by atoms with E-state index >= 15 is 0 Å². The third-order valence-electron chi connectivity index (χ3n) is 8.24. The highest BCUT2D eigenvalue weighted by Crippen LogP contribution is 2.52. The lowest BCUT2D eigenvalue weighted by Crippen LogP contribution is -2.30. The zero-order valence-corrected chi connectivity index (χ0v) is 23.8. The normalized spacial score (nSPS) is 13.6. The second kappa shape index (κ2) is 9.90. The molecule has 0 unspecified atom stereocenters. The number of hydrogen-bond acceptors (Lipinski definition) is 3. The van der Waals surface area contributed by atoms with Crippen LogP contribution in [0.15, 0.2) is 91.5 Å². The molecule has 0 bridgehead atoms. The van der Waals surface area contributed by atoms with Crippen LogP contribution in [0, 0.1) is 29.1 Å². The molecule has 4 aromatic carbocycles. The number of fused-ring (bicyclic) bond motifs is 2. The molecular formula is C34H24F5N5. The van der Waals surface area contributed by atoms with Gasteiger partial charge < -0.3 is 9.47 Å². The van der Waals surface area contributed by atoms with Crippen LogP contribution in [-0.2, 0) is 12.5 Å². The van der Waals surface area contributed by atoms with E-state index in [0.717, 1.165) is 45.8 Å². The van der Waals surface area contributed by atoms with Gasteiger partial charge in [0.1, 0.15) is 5.82 Å². The Morgan fingerprint density at radius 3 is 2.11 bits per heavy atom. The van der Waals surface area contributed by atoms with Crippen LogP contribution >= 0.6 is 0 Å². The fourth-order valence-corrected chi connectivity index (χ4v) is 6.01. The molecule has 0 atom stereocenters. The Labute approximate surface area is 249 Å². The number of anilines is 3. The predicted octanol–water partition coefficient (Wildman–Crippen LogP) is 8.74. The maximum atomic E-state index is 14.6. The van der Waals surface area contributed by atoms with Crippen LogP contribution in [0.3, 0.4) is 0 Å². The maximum absolute atomic E-state index is 14.6. The van der Waals surface area contributed by atoms with Gasteiger partial charge >= 0.3 is 0 Å². The van der Waals surface area contributed by atoms with Crippen molar-refractivity contribution in [1.29, 1.82) is 0 Å². The van der Waals surface area contributed by atoms with Crippen molar-refractivity contribution in [2.45, 2.75) is 19.3 Å². The molecule has 7 rings (SSSR count). The summed E-state index contributed by atoms with van der Waals surface area (Å²) in [5, 5.41) is 4.23. The summed E-state index contributed by atoms with van der Waals surface area (Å²) in [6.07, 6.45) is 5.94. The number of nitrogens with zero attached hydrogens (tertiary/aromatic N) is 5. The number of hydrogen-bond donors (Lipinski definition) is 0. The van der Waals surface area contributed by atoms with E-state index in [1.807, 2.05) is 66.3 Å². The second-order valence-electron chi connectivity index (χ2n) is 11.2. The highest BCUT2D eigenvalue weighted by molar-refractivity contribution is 5.87. The summed E-state index contributed by atoms with van der Waals surface area (Å²) in [6, 6.07) is 21.8. The number of imidazole rings is 1. The summed E-state index contributed by atoms with van der Waals surface area (Å²) in [5.74, 6) is -9.24. The van der Waals surface area contributed by atoms with E-state index < -0.39 is 34.6 Å². The van der Waals surface area contributed by atoms with Gasteiger partial charge in [0.05, 0.1) is 28.8 Å². The number of rotatable bonds is 4. The zero-order chi connectivity index (χ0) is 30.9. The molecule has 0 N–H and O–H groups in total. The lowest BCUT2D eigenvalue weighted by Gasteiger charge is -2.42. The Kier molecular flexibility index (Phi) is 6.21. The third kappa shape index (κ3) is 4.05. The van der Waals surface area contributed by atoms with Gasteiger partial charge in [0.25, 0.3) is 0 Å². The zero-order valence-electron chi connectivity index (χ0n) is 23.8. The van der Waals surface area contributed by atoms with Gasteiger partial charge in [-0.1, -0.05) is 50.2 Å². The van der Waals surface area contributed by atoms with E-state index in [9.17, 15) is 22.0 Å². The Hall–Kier alpha value is -5.25. The van der Waals surface area contributed by atoms with Crippen LogP contribution in [0.5, 0.6) is 0 Å².